The van der Waals surface area contributed by atoms with Gasteiger partial charge in [-0.05, 0) is 227 Å². The zero-order valence-corrected chi connectivity index (χ0v) is 99.0. The second-order valence-electron chi connectivity index (χ2n) is 43.4. The third-order valence-electron chi connectivity index (χ3n) is 22.2. The van der Waals surface area contributed by atoms with Gasteiger partial charge in [0.1, 0.15) is 65.4 Å². The van der Waals surface area contributed by atoms with E-state index in [0.717, 1.165) is 104 Å². The molecule has 47 heteroatoms. The predicted octanol–water partition coefficient (Wildman–Crippen LogP) is 17.4. The van der Waals surface area contributed by atoms with Gasteiger partial charge in [0, 0.05) is 187 Å². The van der Waals surface area contributed by atoms with E-state index in [4.69, 9.17) is 130 Å². The Hall–Kier alpha value is -7.19. The van der Waals surface area contributed by atoms with Gasteiger partial charge < -0.3 is 87.2 Å². The Bertz CT molecular complexity index is 5320. The number of nitrogen functional groups attached to an aromatic ring is 1. The van der Waals surface area contributed by atoms with Crippen molar-refractivity contribution in [1.29, 1.82) is 0 Å². The van der Waals surface area contributed by atoms with E-state index < -0.39 is 49.5 Å². The number of rotatable bonds is 38. The molecule has 3 aliphatic rings. The summed E-state index contributed by atoms with van der Waals surface area (Å²) in [6, 6.07) is 17.6. The van der Waals surface area contributed by atoms with Gasteiger partial charge in [-0.3, -0.25) is 18.9 Å². The number of aromatic amines is 1. The van der Waals surface area contributed by atoms with Gasteiger partial charge in [-0.15, -0.1) is 0 Å². The minimum Gasteiger partial charge on any atom is -0.538 e. The number of H-pyrrole nitrogens is 1. The number of hydrogen-bond donors (Lipinski definition) is 3. The van der Waals surface area contributed by atoms with E-state index in [2.05, 4.69) is 132 Å². The Kier molecular flexibility index (Phi) is 49.8. The Morgan fingerprint density at radius 2 is 0.924 bits per heavy atom. The van der Waals surface area contributed by atoms with Crippen molar-refractivity contribution < 1.29 is 80.1 Å². The average Bonchev–Trinajstić information content (AvgIpc) is 1.59. The molecule has 3 fully saturated rings. The molecule has 12 rings (SSSR count). The van der Waals surface area contributed by atoms with Crippen LogP contribution in [0.15, 0.2) is 73.4 Å². The first-order valence-corrected chi connectivity index (χ1v) is 62.5. The summed E-state index contributed by atoms with van der Waals surface area (Å²) in [6.45, 7) is 69.4. The van der Waals surface area contributed by atoms with Gasteiger partial charge >= 0.3 is 45.1 Å². The van der Waals surface area contributed by atoms with Crippen LogP contribution in [0.25, 0.3) is 34.7 Å². The molecule has 9 aromatic heterocycles. The first-order chi connectivity index (χ1) is 66.6. The van der Waals surface area contributed by atoms with Gasteiger partial charge in [-0.25, -0.2) is 33.9 Å². The zero-order chi connectivity index (χ0) is 107. The number of carbonyl (C=O) groups is 2. The quantitative estimate of drug-likeness (QED) is 0.0184. The Labute approximate surface area is 896 Å². The second kappa shape index (κ2) is 57.2. The predicted molar refractivity (Wildman–Crippen MR) is 586 cm³/mol. The summed E-state index contributed by atoms with van der Waals surface area (Å²) in [5.41, 5.74) is 12.2. The average molecular weight is 2150 g/mol. The Morgan fingerprint density at radius 1 is 0.514 bits per heavy atom. The molecule has 0 spiro atoms. The first-order valence-electron chi connectivity index (χ1n) is 49.5. The summed E-state index contributed by atoms with van der Waals surface area (Å²) in [5, 5.41) is 25.4. The standard InChI is InChI=1S/C29H44ClN7O3Si.C20H28ClN5O2.C18H37BClN2O4Si.C12H16ClN7.C9H21BO3.C9H17ClN2OSi.Li/c1-20-10-11-21(2)37(20)27-32-24(26-23(30)17-31-36(26)19-39-14-15-41(7,8)9)16-25(33-27)35-13-12-22(18-35)34(6)28(38)40-29(3,4)5;1-13-7-8-14(2)26(13)18-22-16(21)11-17(23-18)25-10-9-15(12-25)24(6)19(27)28-20(3,4)5;1-14(2)24-19(25-15(3)4,26-16(5)6)18-17(20)12-21-22(18)13-23-10-11-27(7,8)9;1-15-7-2-3-20(6-7)10-4-9(17-12(14)18-10)11-8(13)5-16-19-11;1-7(2)11-10(12-8(3)4)13-9(5)6;1-14(2,3)5-4-13-8-12-7-9(10)6-11-12;/h10-11,16-17,22H,12-15,18-19H2,1-9H3;7-8,11,15H,9-10,12H2,1-6H3;12,14-16H,10-11,13H2,1-9H3;4-5,7,15H,2-3,6H2,1H3,(H,16,19)(H2,14,17,18);7-9H,1-6H3;6-7H,4-5,8H2,1-3H3;/q;;-1;;;;+1/t22-;15-;;7-;;;/m11.1.../s1. The van der Waals surface area contributed by atoms with Crippen molar-refractivity contribution in [2.24, 2.45) is 0 Å². The van der Waals surface area contributed by atoms with Crippen LogP contribution in [0.1, 0.15) is 167 Å². The second-order valence-corrected chi connectivity index (χ2v) is 62.3. The third-order valence-corrected chi connectivity index (χ3v) is 28.6. The summed E-state index contributed by atoms with van der Waals surface area (Å²) < 4.78 is 72.6. The fourth-order valence-corrected chi connectivity index (χ4v) is 18.3. The number of aromatic nitrogens is 16. The molecule has 3 atom stereocenters. The van der Waals surface area contributed by atoms with E-state index in [1.807, 2.05) is 193 Å². The van der Waals surface area contributed by atoms with Crippen molar-refractivity contribution in [2.75, 3.05) is 101 Å². The van der Waals surface area contributed by atoms with E-state index in [9.17, 15) is 9.59 Å². The number of anilines is 4. The van der Waals surface area contributed by atoms with E-state index in [1.54, 1.807) is 75.0 Å². The number of nitrogens with two attached hydrogens (primary N) is 1. The molecule has 12 heterocycles. The van der Waals surface area contributed by atoms with Crippen LogP contribution >= 0.6 is 58.0 Å². The molecule has 36 nitrogen and oxygen atoms in total. The SMILES string of the molecule is CC(C)OB(OC(C)C)OC(C)C.CC(C)O[B-](OC(C)C)(OC(C)C)c1c(Cl)cnn1COCC[Si](C)(C)C.CN[C@@H]1CCN(c2cc(-c3[nH]ncc3Cl)nc(N)n2)C1.C[Si](C)(C)CCOCn1cc(Cl)cn1.Cc1ccc(C)n1-c1nc(-c2c(Cl)cnn2COCC[Si](C)(C)C)cc(N2CC[C@@H](N(C)C(=O)OC(C)(C)C)C2)n1.Cc1ccc(C)n1-c1nc(Cl)cc(N2CC[C@@H](N(C)C(=O)OC(C)(C)C)C2)n1.[Li+]. The fraction of sp³-hybridized carbons (Fsp3) is 0.649. The fourth-order valence-electron chi connectivity index (χ4n) is 15.0. The molecular weight excluding hydrogens is 1990 g/mol. The summed E-state index contributed by atoms with van der Waals surface area (Å²) in [5.74, 6) is 3.70. The van der Waals surface area contributed by atoms with Crippen LogP contribution < -0.4 is 50.2 Å². The Morgan fingerprint density at radius 3 is 1.33 bits per heavy atom. The molecule has 0 unspecified atom stereocenters. The molecule has 0 radical (unpaired) electrons. The van der Waals surface area contributed by atoms with Crippen LogP contribution in [0.4, 0.5) is 33.0 Å². The molecule has 3 aliphatic heterocycles. The monoisotopic (exact) mass is 2150 g/mol. The molecule has 798 valence electrons. The minimum atomic E-state index is -2.28. The zero-order valence-electron chi connectivity index (χ0n) is 92.2. The van der Waals surface area contributed by atoms with Crippen molar-refractivity contribution in [1.82, 2.24) is 93.7 Å². The smallest absolute Gasteiger partial charge is 0.538 e. The van der Waals surface area contributed by atoms with Crippen LogP contribution in [0, 0.1) is 27.7 Å². The van der Waals surface area contributed by atoms with Gasteiger partial charge in [0.05, 0.1) is 68.3 Å². The molecule has 9 aromatic rings. The number of hydrogen-bond acceptors (Lipinski definition) is 28. The molecular formula is C97H163B2Cl5LiN23O13Si3. The first kappa shape index (κ1) is 125. The van der Waals surface area contributed by atoms with Crippen molar-refractivity contribution in [2.45, 2.75) is 335 Å². The van der Waals surface area contributed by atoms with Crippen LogP contribution in [0.2, 0.25) is 102 Å². The maximum atomic E-state index is 12.7. The third kappa shape index (κ3) is 42.0. The van der Waals surface area contributed by atoms with E-state index in [-0.39, 0.29) is 99.2 Å². The largest absolute Gasteiger partial charge is 1.00 e. The van der Waals surface area contributed by atoms with Crippen LogP contribution in [0.3, 0.4) is 0 Å². The van der Waals surface area contributed by atoms with Gasteiger partial charge in [-0.2, -0.15) is 35.3 Å². The number of carbonyl (C=O) groups excluding carboxylic acids is 2. The normalized spacial score (nSPS) is 15.2. The van der Waals surface area contributed by atoms with Crippen LogP contribution in [-0.4, -0.2) is 285 Å². The number of nitrogens with one attached hydrogen (secondary N) is 2. The topological polar surface area (TPSA) is 359 Å². The number of nitrogens with zero attached hydrogens (tertiary/aromatic N) is 20. The molecule has 0 bridgehead atoms. The van der Waals surface area contributed by atoms with Gasteiger partial charge in [0.2, 0.25) is 17.8 Å². The van der Waals surface area contributed by atoms with E-state index in [0.29, 0.717) is 105 Å². The molecule has 3 saturated heterocycles. The summed E-state index contributed by atoms with van der Waals surface area (Å²) >= 11 is 31.3. The van der Waals surface area contributed by atoms with E-state index in [1.165, 1.54) is 6.04 Å². The van der Waals surface area contributed by atoms with Crippen molar-refractivity contribution >= 4 is 137 Å². The van der Waals surface area contributed by atoms with Crippen molar-refractivity contribution in [3.63, 3.8) is 0 Å². The summed E-state index contributed by atoms with van der Waals surface area (Å²) in [6.07, 6.45) is 10.2. The maximum Gasteiger partial charge on any atom is 1.00 e. The molecule has 0 saturated carbocycles. The van der Waals surface area contributed by atoms with Gasteiger partial charge in [0.15, 0.2) is 0 Å². The van der Waals surface area contributed by atoms with E-state index >= 15 is 0 Å². The van der Waals surface area contributed by atoms with Crippen LogP contribution in [-0.2, 0) is 71.8 Å². The molecule has 4 N–H and O–H groups in total. The number of amides is 2. The summed E-state index contributed by atoms with van der Waals surface area (Å²) in [7, 11) is 1.67. The number of likely N-dealkylation sites (N-methyl/N-ethyl adjacent to an activating group) is 3. The molecule has 0 aliphatic carbocycles. The van der Waals surface area contributed by atoms with Crippen molar-refractivity contribution in [3.8, 4) is 34.7 Å². The number of ether oxygens (including phenoxy) is 5. The molecule has 0 aromatic carbocycles. The molecule has 144 heavy (non-hydrogen) atoms. The van der Waals surface area contributed by atoms with Crippen LogP contribution in [0.5, 0.6) is 0 Å². The molecule has 2 amide bonds. The number of halogens is 5. The minimum absolute atomic E-state index is 0. The van der Waals surface area contributed by atoms with Gasteiger partial charge in [0.25, 0.3) is 0 Å². The Balaban J connectivity index is 0.000000275. The number of aryl methyl sites for hydroxylation is 4. The summed E-state index contributed by atoms with van der Waals surface area (Å²) in [4.78, 5) is 62.6. The van der Waals surface area contributed by atoms with Gasteiger partial charge in [-0.1, -0.05) is 117 Å². The maximum absolute atomic E-state index is 12.7. The van der Waals surface area contributed by atoms with Crippen molar-refractivity contribution in [3.05, 3.63) is 121 Å².